The van der Waals surface area contributed by atoms with Gasteiger partial charge in [0.15, 0.2) is 5.69 Å². The average molecular weight is 309 g/mol. The molecule has 0 fully saturated rings. The number of carbonyl (C=O) groups is 1. The molecule has 7 nitrogen and oxygen atoms in total. The fourth-order valence-corrected chi connectivity index (χ4v) is 1.97. The first-order valence-corrected chi connectivity index (χ1v) is 6.80. The first-order chi connectivity index (χ1) is 10.1. The van der Waals surface area contributed by atoms with E-state index in [-0.39, 0.29) is 5.69 Å². The molecular weight excluding hydrogens is 292 g/mol. The van der Waals surface area contributed by atoms with Crippen LogP contribution in [0.3, 0.4) is 0 Å². The van der Waals surface area contributed by atoms with Crippen LogP contribution in [0.15, 0.2) is 30.5 Å². The second-order valence-electron chi connectivity index (χ2n) is 4.70. The molecule has 0 saturated carbocycles. The van der Waals surface area contributed by atoms with E-state index in [4.69, 9.17) is 17.4 Å². The first-order valence-electron chi connectivity index (χ1n) is 6.42. The maximum Gasteiger partial charge on any atom is 0.287 e. The zero-order valence-corrected chi connectivity index (χ0v) is 12.4. The molecule has 1 aromatic carbocycles. The summed E-state index contributed by atoms with van der Waals surface area (Å²) >= 11 is 5.86. The van der Waals surface area contributed by atoms with Gasteiger partial charge < -0.3 is 4.90 Å². The molecule has 0 aliphatic heterocycles. The highest BCUT2D eigenvalue weighted by atomic mass is 35.5. The van der Waals surface area contributed by atoms with E-state index in [0.717, 1.165) is 18.1 Å². The number of nitrogens with one attached hydrogen (secondary N) is 1. The number of aromatic nitrogens is 3. The van der Waals surface area contributed by atoms with Crippen LogP contribution in [0.25, 0.3) is 0 Å². The Hall–Kier alpha value is -1.96. The van der Waals surface area contributed by atoms with Gasteiger partial charge >= 0.3 is 0 Å². The highest BCUT2D eigenvalue weighted by Crippen LogP contribution is 2.10. The number of hydrogen-bond acceptors (Lipinski definition) is 5. The zero-order valence-electron chi connectivity index (χ0n) is 11.7. The normalized spacial score (nSPS) is 10.9. The molecule has 0 spiro atoms. The summed E-state index contributed by atoms with van der Waals surface area (Å²) in [6, 6.07) is 7.75. The van der Waals surface area contributed by atoms with Gasteiger partial charge in [-0.3, -0.25) is 14.9 Å². The number of carbonyl (C=O) groups excluding carboxylic acids is 1. The van der Waals surface area contributed by atoms with Crippen molar-refractivity contribution in [1.82, 2.24) is 25.3 Å². The molecule has 0 aliphatic carbocycles. The number of likely N-dealkylation sites (N-methyl/N-ethyl adjacent to an activating group) is 1. The summed E-state index contributed by atoms with van der Waals surface area (Å²) < 4.78 is 1.61. The Kier molecular flexibility index (Phi) is 5.26. The Morgan fingerprint density at radius 1 is 1.43 bits per heavy atom. The quantitative estimate of drug-likeness (QED) is 0.465. The predicted octanol–water partition coefficient (Wildman–Crippen LogP) is 0.667. The van der Waals surface area contributed by atoms with Crippen molar-refractivity contribution in [2.24, 2.45) is 5.84 Å². The molecule has 0 atom stereocenters. The lowest BCUT2D eigenvalue weighted by molar-refractivity contribution is 0.0948. The van der Waals surface area contributed by atoms with E-state index in [9.17, 15) is 4.79 Å². The van der Waals surface area contributed by atoms with Gasteiger partial charge in [-0.15, -0.1) is 5.10 Å². The minimum atomic E-state index is -0.448. The molecule has 0 unspecified atom stereocenters. The molecule has 3 N–H and O–H groups in total. The second kappa shape index (κ2) is 7.16. The number of nitrogens with zero attached hydrogens (tertiary/aromatic N) is 4. The number of benzene rings is 1. The molecule has 1 heterocycles. The fraction of sp³-hybridized carbons (Fsp3) is 0.308. The summed E-state index contributed by atoms with van der Waals surface area (Å²) in [7, 11) is 2.01. The van der Waals surface area contributed by atoms with Gasteiger partial charge in [-0.05, 0) is 24.7 Å². The van der Waals surface area contributed by atoms with Gasteiger partial charge in [-0.1, -0.05) is 28.9 Å². The maximum absolute atomic E-state index is 11.3. The van der Waals surface area contributed by atoms with Gasteiger partial charge in [0.2, 0.25) is 0 Å². The van der Waals surface area contributed by atoms with E-state index >= 15 is 0 Å². The summed E-state index contributed by atoms with van der Waals surface area (Å²) in [6.07, 6.45) is 1.57. The van der Waals surface area contributed by atoms with Crippen molar-refractivity contribution in [2.75, 3.05) is 13.6 Å². The Labute approximate surface area is 127 Å². The summed E-state index contributed by atoms with van der Waals surface area (Å²) in [5.41, 5.74) is 3.41. The molecule has 0 saturated heterocycles. The first kappa shape index (κ1) is 15.4. The predicted molar refractivity (Wildman–Crippen MR) is 79.5 cm³/mol. The van der Waals surface area contributed by atoms with Crippen molar-refractivity contribution in [1.29, 1.82) is 0 Å². The number of nitrogen functional groups attached to an aromatic ring is 1. The molecule has 112 valence electrons. The van der Waals surface area contributed by atoms with Gasteiger partial charge in [0.05, 0.1) is 12.7 Å². The SMILES string of the molecule is CN(CCn1cc(C(=O)NN)nn1)Cc1ccc(Cl)cc1. The molecule has 0 aliphatic rings. The molecule has 2 aromatic rings. The number of nitrogens with two attached hydrogens (primary N) is 1. The van der Waals surface area contributed by atoms with Crippen LogP contribution in [0, 0.1) is 0 Å². The molecular formula is C13H17ClN6O. The second-order valence-corrected chi connectivity index (χ2v) is 5.14. The monoisotopic (exact) mass is 308 g/mol. The Balaban J connectivity index is 1.83. The van der Waals surface area contributed by atoms with Crippen molar-refractivity contribution in [2.45, 2.75) is 13.1 Å². The molecule has 21 heavy (non-hydrogen) atoms. The Morgan fingerprint density at radius 2 is 2.14 bits per heavy atom. The molecule has 0 bridgehead atoms. The lowest BCUT2D eigenvalue weighted by Crippen LogP contribution is -2.30. The number of hydrazine groups is 1. The van der Waals surface area contributed by atoms with E-state index in [1.54, 1.807) is 10.9 Å². The molecule has 8 heteroatoms. The molecule has 1 amide bonds. The highest BCUT2D eigenvalue weighted by molar-refractivity contribution is 6.30. The maximum atomic E-state index is 11.3. The number of halogens is 1. The Bertz CT molecular complexity index is 597. The summed E-state index contributed by atoms with van der Waals surface area (Å²) in [5, 5.41) is 8.36. The summed E-state index contributed by atoms with van der Waals surface area (Å²) in [4.78, 5) is 13.4. The van der Waals surface area contributed by atoms with Gasteiger partial charge in [-0.2, -0.15) is 0 Å². The smallest absolute Gasteiger partial charge is 0.287 e. The summed E-state index contributed by atoms with van der Waals surface area (Å²) in [5.74, 6) is 4.59. The summed E-state index contributed by atoms with van der Waals surface area (Å²) in [6.45, 7) is 2.21. The topological polar surface area (TPSA) is 89.1 Å². The van der Waals surface area contributed by atoms with Crippen LogP contribution in [0.1, 0.15) is 16.1 Å². The van der Waals surface area contributed by atoms with Gasteiger partial charge in [-0.25, -0.2) is 5.84 Å². The number of amides is 1. The fourth-order valence-electron chi connectivity index (χ4n) is 1.84. The standard InChI is InChI=1S/C13H17ClN6O/c1-19(8-10-2-4-11(14)5-3-10)6-7-20-9-12(17-18-20)13(21)16-15/h2-5,9H,6-8,15H2,1H3,(H,16,21). The van der Waals surface area contributed by atoms with E-state index < -0.39 is 5.91 Å². The van der Waals surface area contributed by atoms with E-state index in [2.05, 4.69) is 15.2 Å². The average Bonchev–Trinajstić information content (AvgIpc) is 2.96. The van der Waals surface area contributed by atoms with Gasteiger partial charge in [0.1, 0.15) is 0 Å². The number of hydrogen-bond donors (Lipinski definition) is 2. The van der Waals surface area contributed by atoms with Crippen LogP contribution in [-0.4, -0.2) is 39.4 Å². The lowest BCUT2D eigenvalue weighted by Gasteiger charge is -2.16. The van der Waals surface area contributed by atoms with Crippen LogP contribution in [0.4, 0.5) is 0 Å². The molecule has 1 aromatic heterocycles. The molecule has 2 rings (SSSR count). The van der Waals surface area contributed by atoms with Crippen LogP contribution in [0.2, 0.25) is 5.02 Å². The van der Waals surface area contributed by atoms with Crippen LogP contribution in [0.5, 0.6) is 0 Å². The van der Waals surface area contributed by atoms with Crippen LogP contribution >= 0.6 is 11.6 Å². The largest absolute Gasteiger partial charge is 0.300 e. The lowest BCUT2D eigenvalue weighted by atomic mass is 10.2. The van der Waals surface area contributed by atoms with Crippen LogP contribution in [-0.2, 0) is 13.1 Å². The van der Waals surface area contributed by atoms with E-state index in [1.807, 2.05) is 36.7 Å². The molecule has 0 radical (unpaired) electrons. The van der Waals surface area contributed by atoms with E-state index in [1.165, 1.54) is 5.56 Å². The third-order valence-corrected chi connectivity index (χ3v) is 3.23. The van der Waals surface area contributed by atoms with E-state index in [0.29, 0.717) is 6.54 Å². The van der Waals surface area contributed by atoms with Gasteiger partial charge in [0.25, 0.3) is 5.91 Å². The number of rotatable bonds is 6. The van der Waals surface area contributed by atoms with Crippen molar-refractivity contribution < 1.29 is 4.79 Å². The highest BCUT2D eigenvalue weighted by Gasteiger charge is 2.09. The third-order valence-electron chi connectivity index (χ3n) is 2.98. The van der Waals surface area contributed by atoms with Crippen molar-refractivity contribution in [3.8, 4) is 0 Å². The van der Waals surface area contributed by atoms with Gasteiger partial charge in [0, 0.05) is 18.1 Å². The zero-order chi connectivity index (χ0) is 15.2. The van der Waals surface area contributed by atoms with Crippen molar-refractivity contribution >= 4 is 17.5 Å². The Morgan fingerprint density at radius 3 is 2.81 bits per heavy atom. The minimum absolute atomic E-state index is 0.206. The third kappa shape index (κ3) is 4.52. The minimum Gasteiger partial charge on any atom is -0.300 e. The van der Waals surface area contributed by atoms with Crippen molar-refractivity contribution in [3.63, 3.8) is 0 Å². The van der Waals surface area contributed by atoms with Crippen molar-refractivity contribution in [3.05, 3.63) is 46.7 Å². The van der Waals surface area contributed by atoms with Crippen LogP contribution < -0.4 is 11.3 Å².